The third kappa shape index (κ3) is 3.29. The number of furan rings is 1. The van der Waals surface area contributed by atoms with Gasteiger partial charge in [0, 0.05) is 17.3 Å². The second-order valence-corrected chi connectivity index (χ2v) is 6.09. The summed E-state index contributed by atoms with van der Waals surface area (Å²) >= 11 is 0. The molecule has 2 aromatic heterocycles. The molecule has 3 heterocycles. The Morgan fingerprint density at radius 2 is 2.15 bits per heavy atom. The first-order chi connectivity index (χ1) is 13.2. The summed E-state index contributed by atoms with van der Waals surface area (Å²) in [6.07, 6.45) is 1.10. The lowest BCUT2D eigenvalue weighted by molar-refractivity contribution is 0.395. The van der Waals surface area contributed by atoms with E-state index in [-0.39, 0.29) is 5.56 Å². The van der Waals surface area contributed by atoms with E-state index in [0.717, 1.165) is 11.3 Å². The second kappa shape index (κ2) is 6.99. The van der Waals surface area contributed by atoms with Crippen LogP contribution in [0.3, 0.4) is 0 Å². The molecular weight excluding hydrogens is 346 g/mol. The van der Waals surface area contributed by atoms with Crippen molar-refractivity contribution < 1.29 is 9.15 Å². The van der Waals surface area contributed by atoms with Crippen molar-refractivity contribution in [3.8, 4) is 5.75 Å². The lowest BCUT2D eigenvalue weighted by atomic mass is 10.1. The van der Waals surface area contributed by atoms with E-state index in [0.29, 0.717) is 29.9 Å². The molecule has 1 aliphatic heterocycles. The standard InChI is InChI=1S/C19H19N5O3/c1-12-10-16(25)24-17(14-7-3-4-8-15(14)26-2)22-18(23-19(24)21-12)20-11-13-6-5-9-27-13/h3-10,17H,11H2,1-2H3,(H2,20,21,22,23)/t17-/m0/s1. The number of aliphatic imine (C=N–C) groups is 1. The first-order valence-corrected chi connectivity index (χ1v) is 8.49. The highest BCUT2D eigenvalue weighted by Gasteiger charge is 2.28. The smallest absolute Gasteiger partial charge is 0.257 e. The van der Waals surface area contributed by atoms with Gasteiger partial charge >= 0.3 is 0 Å². The van der Waals surface area contributed by atoms with Gasteiger partial charge in [0.2, 0.25) is 11.9 Å². The number of para-hydroxylation sites is 1. The van der Waals surface area contributed by atoms with Crippen LogP contribution in [-0.2, 0) is 6.54 Å². The van der Waals surface area contributed by atoms with Gasteiger partial charge in [-0.2, -0.15) is 0 Å². The predicted molar refractivity (Wildman–Crippen MR) is 101 cm³/mol. The van der Waals surface area contributed by atoms with Gasteiger partial charge in [0.15, 0.2) is 0 Å². The Bertz CT molecular complexity index is 1040. The van der Waals surface area contributed by atoms with Crippen molar-refractivity contribution in [2.45, 2.75) is 19.6 Å². The number of aromatic nitrogens is 2. The highest BCUT2D eigenvalue weighted by Crippen LogP contribution is 2.28. The molecule has 0 radical (unpaired) electrons. The van der Waals surface area contributed by atoms with Crippen LogP contribution >= 0.6 is 0 Å². The van der Waals surface area contributed by atoms with Crippen molar-refractivity contribution in [2.24, 2.45) is 4.99 Å². The van der Waals surface area contributed by atoms with Gasteiger partial charge < -0.3 is 14.5 Å². The van der Waals surface area contributed by atoms with Crippen LogP contribution in [0.15, 0.2) is 62.9 Å². The average molecular weight is 365 g/mol. The molecule has 4 rings (SSSR count). The number of hydrogen-bond donors (Lipinski definition) is 2. The number of ether oxygens (including phenoxy) is 1. The van der Waals surface area contributed by atoms with Gasteiger partial charge in [0.25, 0.3) is 5.56 Å². The number of anilines is 1. The number of rotatable bonds is 4. The van der Waals surface area contributed by atoms with Crippen LogP contribution < -0.4 is 20.9 Å². The molecule has 1 aromatic carbocycles. The number of guanidine groups is 1. The van der Waals surface area contributed by atoms with Crippen LogP contribution in [0.1, 0.15) is 23.2 Å². The third-order valence-corrected chi connectivity index (χ3v) is 4.25. The van der Waals surface area contributed by atoms with Crippen LogP contribution in [0.4, 0.5) is 5.95 Å². The monoisotopic (exact) mass is 365 g/mol. The van der Waals surface area contributed by atoms with E-state index in [4.69, 9.17) is 9.15 Å². The topological polar surface area (TPSA) is 93.7 Å². The molecule has 2 N–H and O–H groups in total. The average Bonchev–Trinajstić information content (AvgIpc) is 3.19. The molecule has 0 fully saturated rings. The third-order valence-electron chi connectivity index (χ3n) is 4.25. The lowest BCUT2D eigenvalue weighted by Crippen LogP contribution is -2.48. The van der Waals surface area contributed by atoms with Gasteiger partial charge in [0.1, 0.15) is 24.2 Å². The van der Waals surface area contributed by atoms with E-state index >= 15 is 0 Å². The highest BCUT2D eigenvalue weighted by molar-refractivity contribution is 5.93. The maximum atomic E-state index is 12.7. The van der Waals surface area contributed by atoms with Gasteiger partial charge in [-0.3, -0.25) is 14.7 Å². The number of nitrogens with one attached hydrogen (secondary N) is 2. The van der Waals surface area contributed by atoms with Gasteiger partial charge in [-0.15, -0.1) is 0 Å². The zero-order chi connectivity index (χ0) is 18.8. The first-order valence-electron chi connectivity index (χ1n) is 8.49. The number of nitrogens with zero attached hydrogens (tertiary/aromatic N) is 3. The number of fused-ring (bicyclic) bond motifs is 1. The van der Waals surface area contributed by atoms with Gasteiger partial charge in [-0.1, -0.05) is 18.2 Å². The first kappa shape index (κ1) is 16.9. The zero-order valence-corrected chi connectivity index (χ0v) is 15.0. The maximum Gasteiger partial charge on any atom is 0.257 e. The molecule has 3 aromatic rings. The summed E-state index contributed by atoms with van der Waals surface area (Å²) in [5.41, 5.74) is 1.27. The Morgan fingerprint density at radius 1 is 1.30 bits per heavy atom. The molecule has 27 heavy (non-hydrogen) atoms. The summed E-state index contributed by atoms with van der Waals surface area (Å²) in [7, 11) is 1.60. The summed E-state index contributed by atoms with van der Waals surface area (Å²) in [6.45, 7) is 2.14. The van der Waals surface area contributed by atoms with E-state index in [9.17, 15) is 4.79 Å². The predicted octanol–water partition coefficient (Wildman–Crippen LogP) is 2.27. The minimum atomic E-state index is -0.506. The Labute approximate surface area is 155 Å². The molecule has 0 saturated carbocycles. The lowest BCUT2D eigenvalue weighted by Gasteiger charge is -2.31. The molecule has 1 aliphatic rings. The second-order valence-electron chi connectivity index (χ2n) is 6.09. The Balaban J connectivity index is 1.79. The molecule has 0 bridgehead atoms. The summed E-state index contributed by atoms with van der Waals surface area (Å²) < 4.78 is 12.4. The van der Waals surface area contributed by atoms with E-state index in [1.165, 1.54) is 6.07 Å². The van der Waals surface area contributed by atoms with Gasteiger partial charge in [-0.05, 0) is 25.1 Å². The molecule has 0 saturated heterocycles. The zero-order valence-electron chi connectivity index (χ0n) is 15.0. The molecule has 0 spiro atoms. The SMILES string of the molecule is COc1ccccc1[C@H]1NC(=NCc2ccco2)Nc2nc(C)cc(=O)n21. The van der Waals surface area contributed by atoms with E-state index in [1.807, 2.05) is 36.4 Å². The van der Waals surface area contributed by atoms with Crippen LogP contribution in [0.5, 0.6) is 5.75 Å². The molecule has 0 aliphatic carbocycles. The van der Waals surface area contributed by atoms with Crippen molar-refractivity contribution in [3.63, 3.8) is 0 Å². The number of methoxy groups -OCH3 is 1. The summed E-state index contributed by atoms with van der Waals surface area (Å²) in [6, 6.07) is 12.7. The maximum absolute atomic E-state index is 12.7. The summed E-state index contributed by atoms with van der Waals surface area (Å²) in [5.74, 6) is 2.33. The normalized spacial score (nSPS) is 17.1. The highest BCUT2D eigenvalue weighted by atomic mass is 16.5. The van der Waals surface area contributed by atoms with Crippen LogP contribution in [0, 0.1) is 6.92 Å². The fraction of sp³-hybridized carbons (Fsp3) is 0.211. The number of hydrogen-bond acceptors (Lipinski definition) is 5. The van der Waals surface area contributed by atoms with Crippen molar-refractivity contribution >= 4 is 11.9 Å². The van der Waals surface area contributed by atoms with Gasteiger partial charge in [0.05, 0.1) is 13.4 Å². The van der Waals surface area contributed by atoms with E-state index in [1.54, 1.807) is 24.9 Å². The van der Waals surface area contributed by atoms with Crippen molar-refractivity contribution in [2.75, 3.05) is 12.4 Å². The van der Waals surface area contributed by atoms with E-state index < -0.39 is 6.17 Å². The quantitative estimate of drug-likeness (QED) is 0.737. The Morgan fingerprint density at radius 3 is 2.93 bits per heavy atom. The summed E-state index contributed by atoms with van der Waals surface area (Å²) in [4.78, 5) is 21.7. The fourth-order valence-corrected chi connectivity index (χ4v) is 3.03. The minimum Gasteiger partial charge on any atom is -0.496 e. The fourth-order valence-electron chi connectivity index (χ4n) is 3.03. The van der Waals surface area contributed by atoms with Crippen LogP contribution in [0.2, 0.25) is 0 Å². The van der Waals surface area contributed by atoms with Crippen LogP contribution in [0.25, 0.3) is 0 Å². The molecule has 0 amide bonds. The van der Waals surface area contributed by atoms with Crippen molar-refractivity contribution in [1.82, 2.24) is 14.9 Å². The van der Waals surface area contributed by atoms with Crippen molar-refractivity contribution in [1.29, 1.82) is 0 Å². The summed E-state index contributed by atoms with van der Waals surface area (Å²) in [5, 5.41) is 6.35. The van der Waals surface area contributed by atoms with Crippen LogP contribution in [-0.4, -0.2) is 22.6 Å². The van der Waals surface area contributed by atoms with E-state index in [2.05, 4.69) is 20.6 Å². The Hall–Kier alpha value is -3.55. The molecule has 138 valence electrons. The number of aryl methyl sites for hydroxylation is 1. The Kier molecular flexibility index (Phi) is 4.37. The largest absolute Gasteiger partial charge is 0.496 e. The van der Waals surface area contributed by atoms with Gasteiger partial charge in [-0.25, -0.2) is 9.98 Å². The molecule has 8 heteroatoms. The molecule has 0 unspecified atom stereocenters. The number of benzene rings is 1. The molecule has 1 atom stereocenters. The van der Waals surface area contributed by atoms with Crippen molar-refractivity contribution in [3.05, 3.63) is 76.1 Å². The minimum absolute atomic E-state index is 0.168. The molecule has 8 nitrogen and oxygen atoms in total. The molecular formula is C19H19N5O3.